The van der Waals surface area contributed by atoms with Crippen molar-refractivity contribution in [1.82, 2.24) is 4.57 Å². The smallest absolute Gasteiger partial charge is 0.0579 e. The lowest BCUT2D eigenvalue weighted by molar-refractivity contribution is 1.02. The highest BCUT2D eigenvalue weighted by molar-refractivity contribution is 6.14. The second kappa shape index (κ2) is 5.87. The third-order valence-electron chi connectivity index (χ3n) is 8.46. The molecule has 34 heavy (non-hydrogen) atoms. The van der Waals surface area contributed by atoms with E-state index in [0.29, 0.717) is 0 Å². The minimum atomic E-state index is 1.01. The molecule has 0 amide bonds. The Kier molecular flexibility index (Phi) is 3.00. The minimum Gasteiger partial charge on any atom is -0.309 e. The Bertz CT molecular complexity index is 1880. The number of benzene rings is 5. The van der Waals surface area contributed by atoms with Gasteiger partial charge in [-0.05, 0) is 86.7 Å². The summed E-state index contributed by atoms with van der Waals surface area (Å²) in [4.78, 5) is 0. The van der Waals surface area contributed by atoms with E-state index in [1.54, 1.807) is 5.56 Å². The molecule has 2 heterocycles. The number of aromatic nitrogens is 1. The molecule has 9 rings (SSSR count). The fourth-order valence-corrected chi connectivity index (χ4v) is 7.09. The Morgan fingerprint density at radius 1 is 0.500 bits per heavy atom. The van der Waals surface area contributed by atoms with Gasteiger partial charge in [-0.2, -0.15) is 0 Å². The van der Waals surface area contributed by atoms with Crippen LogP contribution in [0.1, 0.15) is 33.4 Å². The molecule has 0 spiro atoms. The summed E-state index contributed by atoms with van der Waals surface area (Å²) >= 11 is 0. The molecule has 0 fully saturated rings. The van der Waals surface area contributed by atoms with Gasteiger partial charge < -0.3 is 4.57 Å². The Labute approximate surface area is 197 Å². The molecule has 5 aromatic carbocycles. The molecule has 1 heteroatoms. The van der Waals surface area contributed by atoms with Gasteiger partial charge in [-0.3, -0.25) is 0 Å². The predicted octanol–water partition coefficient (Wildman–Crippen LogP) is 7.83. The van der Waals surface area contributed by atoms with Gasteiger partial charge in [0.15, 0.2) is 0 Å². The van der Waals surface area contributed by atoms with Crippen LogP contribution < -0.4 is 0 Å². The maximum Gasteiger partial charge on any atom is 0.0579 e. The molecule has 0 N–H and O–H groups in total. The molecule has 6 aromatic rings. The van der Waals surface area contributed by atoms with Gasteiger partial charge in [0.25, 0.3) is 0 Å². The van der Waals surface area contributed by atoms with Crippen molar-refractivity contribution in [2.24, 2.45) is 0 Å². The third kappa shape index (κ3) is 1.94. The van der Waals surface area contributed by atoms with Crippen molar-refractivity contribution in [1.29, 1.82) is 0 Å². The van der Waals surface area contributed by atoms with Gasteiger partial charge in [-0.25, -0.2) is 0 Å². The first-order valence-electron chi connectivity index (χ1n) is 12.3. The summed E-state index contributed by atoms with van der Waals surface area (Å²) in [5, 5.41) is 2.76. The summed E-state index contributed by atoms with van der Waals surface area (Å²) < 4.78 is 2.53. The normalized spacial score (nSPS) is 14.1. The van der Waals surface area contributed by atoms with Crippen molar-refractivity contribution in [3.8, 4) is 27.9 Å². The van der Waals surface area contributed by atoms with Gasteiger partial charge in [0.05, 0.1) is 11.0 Å². The van der Waals surface area contributed by atoms with Crippen LogP contribution in [-0.4, -0.2) is 4.57 Å². The maximum atomic E-state index is 2.53. The Morgan fingerprint density at radius 2 is 1.21 bits per heavy atom. The van der Waals surface area contributed by atoms with Crippen molar-refractivity contribution in [2.45, 2.75) is 19.3 Å². The SMILES string of the molecule is c1ccc2c(c1)Cc1ccc3c(c1-2)-c1cc2c4ccccc4n4c2c(c1C3)Cc1ccccc1-4. The molecule has 1 nitrogen and oxygen atoms in total. The molecular weight excluding hydrogens is 410 g/mol. The summed E-state index contributed by atoms with van der Waals surface area (Å²) in [5.74, 6) is 0. The molecule has 2 aliphatic carbocycles. The number of rotatable bonds is 0. The molecule has 158 valence electrons. The van der Waals surface area contributed by atoms with Crippen molar-refractivity contribution >= 4 is 21.8 Å². The monoisotopic (exact) mass is 431 g/mol. The summed E-state index contributed by atoms with van der Waals surface area (Å²) in [7, 11) is 0. The first-order chi connectivity index (χ1) is 16.9. The first-order valence-corrected chi connectivity index (χ1v) is 12.3. The van der Waals surface area contributed by atoms with Gasteiger partial charge in [-0.1, -0.05) is 72.8 Å². The molecule has 1 aliphatic heterocycles. The van der Waals surface area contributed by atoms with Crippen LogP contribution in [0.4, 0.5) is 0 Å². The van der Waals surface area contributed by atoms with Crippen molar-refractivity contribution < 1.29 is 0 Å². The lowest BCUT2D eigenvalue weighted by Gasteiger charge is -2.23. The van der Waals surface area contributed by atoms with Crippen LogP contribution in [0.25, 0.3) is 49.7 Å². The van der Waals surface area contributed by atoms with Gasteiger partial charge in [0.2, 0.25) is 0 Å². The topological polar surface area (TPSA) is 4.93 Å². The Morgan fingerprint density at radius 3 is 2.15 bits per heavy atom. The number of fused-ring (bicyclic) bond motifs is 13. The number of para-hydroxylation sites is 2. The van der Waals surface area contributed by atoms with E-state index in [-0.39, 0.29) is 0 Å². The summed E-state index contributed by atoms with van der Waals surface area (Å²) in [6.45, 7) is 0. The zero-order valence-electron chi connectivity index (χ0n) is 18.7. The van der Waals surface area contributed by atoms with E-state index in [1.165, 1.54) is 77.6 Å². The van der Waals surface area contributed by atoms with Gasteiger partial charge >= 0.3 is 0 Å². The van der Waals surface area contributed by atoms with E-state index in [4.69, 9.17) is 0 Å². The van der Waals surface area contributed by atoms with Crippen LogP contribution in [0, 0.1) is 0 Å². The zero-order chi connectivity index (χ0) is 22.0. The molecule has 0 radical (unpaired) electrons. The van der Waals surface area contributed by atoms with E-state index < -0.39 is 0 Å². The number of hydrogen-bond acceptors (Lipinski definition) is 0. The minimum absolute atomic E-state index is 1.01. The summed E-state index contributed by atoms with van der Waals surface area (Å²) in [5.41, 5.74) is 18.9. The third-order valence-corrected chi connectivity index (χ3v) is 8.46. The van der Waals surface area contributed by atoms with E-state index >= 15 is 0 Å². The highest BCUT2D eigenvalue weighted by Gasteiger charge is 2.33. The average Bonchev–Trinajstić information content (AvgIpc) is 3.55. The van der Waals surface area contributed by atoms with E-state index in [9.17, 15) is 0 Å². The number of hydrogen-bond donors (Lipinski definition) is 0. The lowest BCUT2D eigenvalue weighted by Crippen LogP contribution is -2.09. The van der Waals surface area contributed by atoms with Gasteiger partial charge in [-0.15, -0.1) is 0 Å². The van der Waals surface area contributed by atoms with Crippen molar-refractivity contribution in [3.63, 3.8) is 0 Å². The second-order valence-corrected chi connectivity index (χ2v) is 10.1. The molecule has 3 aliphatic rings. The lowest BCUT2D eigenvalue weighted by atomic mass is 9.89. The van der Waals surface area contributed by atoms with Gasteiger partial charge in [0, 0.05) is 22.9 Å². The molecule has 0 bridgehead atoms. The predicted molar refractivity (Wildman–Crippen MR) is 140 cm³/mol. The molecule has 1 aromatic heterocycles. The molecular formula is C33H21N. The molecule has 0 saturated carbocycles. The molecule has 0 unspecified atom stereocenters. The Hall–Kier alpha value is -4.10. The van der Waals surface area contributed by atoms with E-state index in [1.807, 2.05) is 0 Å². The highest BCUT2D eigenvalue weighted by Crippen LogP contribution is 2.53. The zero-order valence-corrected chi connectivity index (χ0v) is 18.7. The highest BCUT2D eigenvalue weighted by atomic mass is 15.0. The van der Waals surface area contributed by atoms with Crippen LogP contribution in [-0.2, 0) is 19.3 Å². The van der Waals surface area contributed by atoms with E-state index in [0.717, 1.165) is 19.3 Å². The second-order valence-electron chi connectivity index (χ2n) is 10.1. The van der Waals surface area contributed by atoms with Crippen LogP contribution in [0.5, 0.6) is 0 Å². The van der Waals surface area contributed by atoms with Crippen LogP contribution >= 0.6 is 0 Å². The standard InChI is InChI=1S/C33H21N/c1-3-9-23-19(7-1)15-21-13-14-22-17-25-26(32(22)31(21)23)18-28-24-10-4-6-12-30(24)34-29-11-5-2-8-20(29)16-27(25)33(28)34/h1-14,18H,15-17H2. The largest absolute Gasteiger partial charge is 0.309 e. The van der Waals surface area contributed by atoms with E-state index in [2.05, 4.69) is 95.6 Å². The van der Waals surface area contributed by atoms with Crippen molar-refractivity contribution in [2.75, 3.05) is 0 Å². The van der Waals surface area contributed by atoms with Crippen LogP contribution in [0.15, 0.2) is 91.0 Å². The maximum absolute atomic E-state index is 2.53. The van der Waals surface area contributed by atoms with Crippen LogP contribution in [0.2, 0.25) is 0 Å². The Balaban J connectivity index is 1.45. The summed E-state index contributed by atoms with van der Waals surface area (Å²) in [6.07, 6.45) is 3.10. The fourth-order valence-electron chi connectivity index (χ4n) is 7.09. The first kappa shape index (κ1) is 17.4. The molecule has 0 atom stereocenters. The van der Waals surface area contributed by atoms with Crippen LogP contribution in [0.3, 0.4) is 0 Å². The van der Waals surface area contributed by atoms with Crippen molar-refractivity contribution in [3.05, 3.63) is 124 Å². The number of nitrogens with zero attached hydrogens (tertiary/aromatic N) is 1. The fraction of sp³-hybridized carbons (Fsp3) is 0.0909. The average molecular weight is 432 g/mol. The van der Waals surface area contributed by atoms with Gasteiger partial charge in [0.1, 0.15) is 0 Å². The summed E-state index contributed by atoms with van der Waals surface area (Å²) in [6, 6.07) is 34.2. The quantitative estimate of drug-likeness (QED) is 0.231. The molecule has 0 saturated heterocycles.